The predicted molar refractivity (Wildman–Crippen MR) is 185 cm³/mol. The second-order valence-corrected chi connectivity index (χ2v) is 17.1. The second kappa shape index (κ2) is 14.0. The SMILES string of the molecule is C[Si](C)(C)c1cnc(-c2[c-]cccc2)cc1-c1ccccc1.[2H]C(C)(C)c1cc(-c2[c-]ccc3c2oc2ncccc23)ncc1F.[Ir]. The molecule has 233 valence electrons. The molecule has 7 aromatic rings. The van der Waals surface area contributed by atoms with Gasteiger partial charge >= 0.3 is 0 Å². The molecular weight excluding hydrogens is 766 g/mol. The zero-order valence-corrected chi connectivity index (χ0v) is 29.7. The monoisotopic (exact) mass is 801 g/mol. The van der Waals surface area contributed by atoms with Crippen LogP contribution in [0, 0.1) is 17.9 Å². The number of hydrogen-bond acceptors (Lipinski definition) is 4. The summed E-state index contributed by atoms with van der Waals surface area (Å²) in [4.78, 5) is 13.1. The van der Waals surface area contributed by atoms with Crippen molar-refractivity contribution in [3.63, 3.8) is 0 Å². The molecule has 0 aliphatic carbocycles. The van der Waals surface area contributed by atoms with Crippen LogP contribution in [0.2, 0.25) is 19.6 Å². The Kier molecular flexibility index (Phi) is 9.64. The van der Waals surface area contributed by atoms with Crippen LogP contribution in [0.5, 0.6) is 0 Å². The van der Waals surface area contributed by atoms with Crippen LogP contribution < -0.4 is 5.19 Å². The maximum atomic E-state index is 14.0. The fraction of sp³-hybridized carbons (Fsp3) is 0.154. The molecule has 0 N–H and O–H groups in total. The van der Waals surface area contributed by atoms with E-state index in [2.05, 4.69) is 90.4 Å². The minimum atomic E-state index is -1.46. The Balaban J connectivity index is 0.000000181. The Morgan fingerprint density at radius 2 is 1.57 bits per heavy atom. The van der Waals surface area contributed by atoms with Crippen molar-refractivity contribution in [2.24, 2.45) is 0 Å². The van der Waals surface area contributed by atoms with E-state index in [-0.39, 0.29) is 25.7 Å². The number of fused-ring (bicyclic) bond motifs is 3. The Morgan fingerprint density at radius 3 is 2.28 bits per heavy atom. The van der Waals surface area contributed by atoms with E-state index < -0.39 is 19.8 Å². The largest absolute Gasteiger partial charge is 0.486 e. The first kappa shape index (κ1) is 31.7. The molecule has 0 aliphatic heterocycles. The van der Waals surface area contributed by atoms with Crippen LogP contribution in [-0.2, 0) is 20.1 Å². The molecule has 0 saturated carbocycles. The molecule has 46 heavy (non-hydrogen) atoms. The van der Waals surface area contributed by atoms with Gasteiger partial charge in [-0.2, -0.15) is 0 Å². The molecule has 0 aliphatic rings. The van der Waals surface area contributed by atoms with Gasteiger partial charge in [-0.05, 0) is 51.3 Å². The predicted octanol–water partition coefficient (Wildman–Crippen LogP) is 9.86. The van der Waals surface area contributed by atoms with Gasteiger partial charge in [-0.25, -0.2) is 9.37 Å². The molecule has 4 heterocycles. The molecule has 0 saturated heterocycles. The average molecular weight is 801 g/mol. The van der Waals surface area contributed by atoms with Gasteiger partial charge in [-0.15, -0.1) is 54.1 Å². The van der Waals surface area contributed by atoms with E-state index in [1.54, 1.807) is 32.2 Å². The third-order valence-electron chi connectivity index (χ3n) is 7.64. The first-order valence-electron chi connectivity index (χ1n) is 15.4. The standard InChI is InChI=1S/C20H20NSi.C19H14FN2O.Ir/c1-22(2,3)20-15-21-19(17-12-8-5-9-13-17)14-18(20)16-10-6-4-7-11-16;1-11(2)15-9-17(22-10-16(15)20)14-6-3-5-12-13-7-4-8-21-19(13)23-18(12)14;/h4-12,14-15H,1-3H3;3-5,7-11H,1-2H3;/q2*-1;/i;11D;. The topological polar surface area (TPSA) is 51.8 Å². The third kappa shape index (κ3) is 6.92. The van der Waals surface area contributed by atoms with Crippen molar-refractivity contribution in [2.75, 3.05) is 0 Å². The number of aromatic nitrogens is 3. The summed E-state index contributed by atoms with van der Waals surface area (Å²) in [5, 5.41) is 3.22. The summed E-state index contributed by atoms with van der Waals surface area (Å²) in [6.07, 6.45) is 4.89. The molecule has 1 radical (unpaired) electrons. The van der Waals surface area contributed by atoms with Crippen LogP contribution in [0.15, 0.2) is 114 Å². The minimum absolute atomic E-state index is 0. The fourth-order valence-electron chi connectivity index (χ4n) is 5.33. The molecule has 0 amide bonds. The van der Waals surface area contributed by atoms with Crippen molar-refractivity contribution in [2.45, 2.75) is 39.4 Å². The van der Waals surface area contributed by atoms with Crippen molar-refractivity contribution >= 4 is 35.3 Å². The number of benzene rings is 3. The zero-order valence-electron chi connectivity index (χ0n) is 27.4. The van der Waals surface area contributed by atoms with Crippen LogP contribution in [0.25, 0.3) is 55.7 Å². The van der Waals surface area contributed by atoms with E-state index in [1.807, 2.05) is 36.4 Å². The van der Waals surface area contributed by atoms with Crippen molar-refractivity contribution in [3.8, 4) is 33.6 Å². The van der Waals surface area contributed by atoms with Crippen LogP contribution in [0.3, 0.4) is 0 Å². The second-order valence-electron chi connectivity index (χ2n) is 12.1. The molecule has 0 spiro atoms. The van der Waals surface area contributed by atoms with Crippen LogP contribution in [0.1, 0.15) is 26.7 Å². The van der Waals surface area contributed by atoms with Gasteiger partial charge in [0.2, 0.25) is 5.71 Å². The van der Waals surface area contributed by atoms with Gasteiger partial charge < -0.3 is 14.4 Å². The summed E-state index contributed by atoms with van der Waals surface area (Å²) in [5.41, 5.74) is 7.19. The summed E-state index contributed by atoms with van der Waals surface area (Å²) >= 11 is 0. The third-order valence-corrected chi connectivity index (χ3v) is 9.66. The van der Waals surface area contributed by atoms with Gasteiger partial charge in [-0.1, -0.05) is 86.9 Å². The molecule has 3 aromatic carbocycles. The minimum Gasteiger partial charge on any atom is -0.486 e. The van der Waals surface area contributed by atoms with Crippen molar-refractivity contribution in [1.82, 2.24) is 15.0 Å². The van der Waals surface area contributed by atoms with Gasteiger partial charge in [0.15, 0.2) is 0 Å². The van der Waals surface area contributed by atoms with Crippen LogP contribution in [0.4, 0.5) is 4.39 Å². The maximum Gasteiger partial charge on any atom is 0.216 e. The van der Waals surface area contributed by atoms with Gasteiger partial charge in [0.1, 0.15) is 5.82 Å². The van der Waals surface area contributed by atoms with E-state index in [9.17, 15) is 4.39 Å². The Bertz CT molecular complexity index is 2140. The number of nitrogens with zero attached hydrogens (tertiary/aromatic N) is 3. The number of furan rings is 1. The molecule has 0 fully saturated rings. The Morgan fingerprint density at radius 1 is 0.804 bits per heavy atom. The normalized spacial score (nSPS) is 11.8. The molecule has 0 unspecified atom stereocenters. The first-order valence-corrected chi connectivity index (χ1v) is 18.4. The molecule has 7 heteroatoms. The van der Waals surface area contributed by atoms with E-state index >= 15 is 0 Å². The smallest absolute Gasteiger partial charge is 0.216 e. The summed E-state index contributed by atoms with van der Waals surface area (Å²) < 4.78 is 28.0. The fourth-order valence-corrected chi connectivity index (χ4v) is 6.81. The zero-order chi connectivity index (χ0) is 32.5. The van der Waals surface area contributed by atoms with E-state index in [4.69, 9.17) is 10.8 Å². The molecule has 4 aromatic heterocycles. The summed E-state index contributed by atoms with van der Waals surface area (Å²) in [5.74, 6) is -1.55. The van der Waals surface area contributed by atoms with E-state index in [0.717, 1.165) is 28.2 Å². The summed E-state index contributed by atoms with van der Waals surface area (Å²) in [6.45, 7) is 10.4. The van der Waals surface area contributed by atoms with E-state index in [1.165, 1.54) is 16.3 Å². The van der Waals surface area contributed by atoms with Crippen molar-refractivity contribution in [3.05, 3.63) is 133 Å². The van der Waals surface area contributed by atoms with Crippen LogP contribution in [-0.4, -0.2) is 23.0 Å². The van der Waals surface area contributed by atoms with Gasteiger partial charge in [0.05, 0.1) is 19.9 Å². The van der Waals surface area contributed by atoms with Gasteiger partial charge in [0.25, 0.3) is 0 Å². The number of rotatable bonds is 5. The van der Waals surface area contributed by atoms with Crippen molar-refractivity contribution in [1.29, 1.82) is 0 Å². The molecular formula is C39H34FIrN3OSi-2. The van der Waals surface area contributed by atoms with E-state index in [0.29, 0.717) is 22.6 Å². The summed E-state index contributed by atoms with van der Waals surface area (Å²) in [6, 6.07) is 36.3. The summed E-state index contributed by atoms with van der Waals surface area (Å²) in [7, 11) is -1.46. The quantitative estimate of drug-likeness (QED) is 0.129. The van der Waals surface area contributed by atoms with Crippen molar-refractivity contribution < 1.29 is 30.3 Å². The molecule has 7 rings (SSSR count). The van der Waals surface area contributed by atoms with Gasteiger partial charge in [0, 0.05) is 39.3 Å². The van der Waals surface area contributed by atoms with Crippen LogP contribution >= 0.6 is 0 Å². The Hall–Kier alpha value is -4.29. The number of halogens is 1. The average Bonchev–Trinajstić information content (AvgIpc) is 3.44. The molecule has 4 nitrogen and oxygen atoms in total. The number of pyridine rings is 3. The molecule has 0 bridgehead atoms. The Labute approximate surface area is 285 Å². The van der Waals surface area contributed by atoms with Gasteiger partial charge in [-0.3, -0.25) is 0 Å². The number of hydrogen-bond donors (Lipinski definition) is 0. The molecule has 0 atom stereocenters. The first-order chi connectivity index (χ1) is 22.0. The maximum absolute atomic E-state index is 14.0.